The van der Waals surface area contributed by atoms with E-state index in [0.717, 1.165) is 0 Å². The van der Waals surface area contributed by atoms with Crippen molar-refractivity contribution in [1.82, 2.24) is 0 Å². The number of ether oxygens (including phenoxy) is 1. The Morgan fingerprint density at radius 1 is 0.857 bits per heavy atom. The van der Waals surface area contributed by atoms with Gasteiger partial charge >= 0.3 is 5.97 Å². The monoisotopic (exact) mass is 383 g/mol. The van der Waals surface area contributed by atoms with Gasteiger partial charge in [0, 0.05) is 18.3 Å². The third-order valence-electron chi connectivity index (χ3n) is 3.48. The number of esters is 1. The van der Waals surface area contributed by atoms with Gasteiger partial charge in [0.1, 0.15) is 6.42 Å². The van der Waals surface area contributed by atoms with Crippen molar-refractivity contribution < 1.29 is 23.9 Å². The maximum absolute atomic E-state index is 12.2. The summed E-state index contributed by atoms with van der Waals surface area (Å²) in [4.78, 5) is 47.3. The first-order chi connectivity index (χ1) is 13.4. The highest BCUT2D eigenvalue weighted by Gasteiger charge is 2.16. The second-order valence-corrected chi connectivity index (χ2v) is 5.80. The van der Waals surface area contributed by atoms with Gasteiger partial charge in [0.25, 0.3) is 0 Å². The third kappa shape index (κ3) is 6.24. The molecule has 2 rings (SSSR count). The van der Waals surface area contributed by atoms with E-state index in [4.69, 9.17) is 4.74 Å². The Kier molecular flexibility index (Phi) is 7.27. The van der Waals surface area contributed by atoms with Crippen LogP contribution in [0.15, 0.2) is 48.5 Å². The molecule has 146 valence electrons. The maximum Gasteiger partial charge on any atom is 0.340 e. The number of nitrogens with one attached hydrogen (secondary N) is 3. The van der Waals surface area contributed by atoms with Crippen LogP contribution in [0, 0.1) is 0 Å². The summed E-state index contributed by atoms with van der Waals surface area (Å²) >= 11 is 0. The standard InChI is InChI=1S/C20H21N3O5/c1-3-28-20(27)16-9-4-5-10-17(16)23-19(26)12-18(25)22-15-8-6-7-14(11-15)21-13(2)24/h4-11H,3,12H2,1-2H3,(H,21,24)(H,22,25)(H,23,26). The van der Waals surface area contributed by atoms with Crippen LogP contribution in [-0.4, -0.2) is 30.3 Å². The number of rotatable bonds is 7. The summed E-state index contributed by atoms with van der Waals surface area (Å²) in [6.45, 7) is 3.27. The molecule has 0 unspecified atom stereocenters. The molecule has 8 heteroatoms. The van der Waals surface area contributed by atoms with Crippen molar-refractivity contribution in [2.24, 2.45) is 0 Å². The van der Waals surface area contributed by atoms with E-state index < -0.39 is 24.2 Å². The lowest BCUT2D eigenvalue weighted by Gasteiger charge is -2.11. The van der Waals surface area contributed by atoms with Gasteiger partial charge in [-0.15, -0.1) is 0 Å². The normalized spacial score (nSPS) is 9.93. The fraction of sp³-hybridized carbons (Fsp3) is 0.200. The van der Waals surface area contributed by atoms with Crippen molar-refractivity contribution >= 4 is 40.8 Å². The quantitative estimate of drug-likeness (QED) is 0.503. The zero-order valence-electron chi connectivity index (χ0n) is 15.6. The van der Waals surface area contributed by atoms with Crippen LogP contribution >= 0.6 is 0 Å². The number of carbonyl (C=O) groups is 4. The molecular weight excluding hydrogens is 362 g/mol. The van der Waals surface area contributed by atoms with Gasteiger partial charge in [0.2, 0.25) is 17.7 Å². The molecule has 0 spiro atoms. The summed E-state index contributed by atoms with van der Waals surface area (Å²) in [7, 11) is 0. The van der Waals surface area contributed by atoms with Gasteiger partial charge < -0.3 is 20.7 Å². The highest BCUT2D eigenvalue weighted by molar-refractivity contribution is 6.10. The highest BCUT2D eigenvalue weighted by atomic mass is 16.5. The Balaban J connectivity index is 1.98. The molecule has 2 aromatic rings. The van der Waals surface area contributed by atoms with Gasteiger partial charge in [0.05, 0.1) is 17.9 Å². The summed E-state index contributed by atoms with van der Waals surface area (Å²) in [6.07, 6.45) is -0.443. The Bertz CT molecular complexity index is 895. The molecule has 3 amide bonds. The van der Waals surface area contributed by atoms with Crippen LogP contribution in [0.1, 0.15) is 30.6 Å². The molecular formula is C20H21N3O5. The van der Waals surface area contributed by atoms with E-state index in [-0.39, 0.29) is 23.8 Å². The van der Waals surface area contributed by atoms with Gasteiger partial charge in [0.15, 0.2) is 0 Å². The van der Waals surface area contributed by atoms with Crippen molar-refractivity contribution in [2.75, 3.05) is 22.6 Å². The molecule has 0 saturated carbocycles. The van der Waals surface area contributed by atoms with Crippen LogP contribution in [0.3, 0.4) is 0 Å². The van der Waals surface area contributed by atoms with Crippen LogP contribution in [0.2, 0.25) is 0 Å². The minimum Gasteiger partial charge on any atom is -0.462 e. The Morgan fingerprint density at radius 2 is 1.50 bits per heavy atom. The Morgan fingerprint density at radius 3 is 2.18 bits per heavy atom. The number of anilines is 3. The first-order valence-electron chi connectivity index (χ1n) is 8.62. The minimum absolute atomic E-state index is 0.209. The van der Waals surface area contributed by atoms with Crippen molar-refractivity contribution in [2.45, 2.75) is 20.3 Å². The molecule has 0 saturated heterocycles. The zero-order valence-corrected chi connectivity index (χ0v) is 15.6. The number of benzene rings is 2. The summed E-state index contributed by atoms with van der Waals surface area (Å²) in [5.74, 6) is -1.90. The molecule has 0 radical (unpaired) electrons. The molecule has 0 fully saturated rings. The molecule has 0 aromatic heterocycles. The van der Waals surface area contributed by atoms with Gasteiger partial charge in [-0.25, -0.2) is 4.79 Å². The van der Waals surface area contributed by atoms with Crippen molar-refractivity contribution in [3.63, 3.8) is 0 Å². The Hall–Kier alpha value is -3.68. The molecule has 0 atom stereocenters. The van der Waals surface area contributed by atoms with E-state index in [0.29, 0.717) is 11.4 Å². The van der Waals surface area contributed by atoms with Crippen LogP contribution in [0.25, 0.3) is 0 Å². The lowest BCUT2D eigenvalue weighted by Crippen LogP contribution is -2.22. The van der Waals surface area contributed by atoms with Gasteiger partial charge in [-0.2, -0.15) is 0 Å². The van der Waals surface area contributed by atoms with E-state index in [1.807, 2.05) is 0 Å². The van der Waals surface area contributed by atoms with E-state index in [1.54, 1.807) is 49.4 Å². The van der Waals surface area contributed by atoms with Crippen LogP contribution in [0.5, 0.6) is 0 Å². The summed E-state index contributed by atoms with van der Waals surface area (Å²) < 4.78 is 4.95. The SMILES string of the molecule is CCOC(=O)c1ccccc1NC(=O)CC(=O)Nc1cccc(NC(C)=O)c1. The number of hydrogen-bond acceptors (Lipinski definition) is 5. The first-order valence-corrected chi connectivity index (χ1v) is 8.62. The van der Waals surface area contributed by atoms with Crippen molar-refractivity contribution in [1.29, 1.82) is 0 Å². The van der Waals surface area contributed by atoms with Crippen molar-refractivity contribution in [3.05, 3.63) is 54.1 Å². The van der Waals surface area contributed by atoms with E-state index in [9.17, 15) is 19.2 Å². The molecule has 0 aliphatic rings. The average Bonchev–Trinajstić information content (AvgIpc) is 2.61. The molecule has 3 N–H and O–H groups in total. The van der Waals surface area contributed by atoms with Crippen LogP contribution in [-0.2, 0) is 19.1 Å². The third-order valence-corrected chi connectivity index (χ3v) is 3.48. The zero-order chi connectivity index (χ0) is 20.5. The fourth-order valence-corrected chi connectivity index (χ4v) is 2.40. The topological polar surface area (TPSA) is 114 Å². The van der Waals surface area contributed by atoms with Gasteiger partial charge in [-0.1, -0.05) is 18.2 Å². The number of carbonyl (C=O) groups excluding carboxylic acids is 4. The van der Waals surface area contributed by atoms with E-state index >= 15 is 0 Å². The second-order valence-electron chi connectivity index (χ2n) is 5.80. The number of amides is 3. The molecule has 2 aromatic carbocycles. The molecule has 0 aliphatic heterocycles. The number of hydrogen-bond donors (Lipinski definition) is 3. The highest BCUT2D eigenvalue weighted by Crippen LogP contribution is 2.17. The number of para-hydroxylation sites is 1. The largest absolute Gasteiger partial charge is 0.462 e. The summed E-state index contributed by atoms with van der Waals surface area (Å²) in [5.41, 5.74) is 1.45. The van der Waals surface area contributed by atoms with Crippen LogP contribution < -0.4 is 16.0 Å². The predicted octanol–water partition coefficient (Wildman–Crippen LogP) is 2.79. The summed E-state index contributed by atoms with van der Waals surface area (Å²) in [6, 6.07) is 12.9. The maximum atomic E-state index is 12.2. The molecule has 0 bridgehead atoms. The lowest BCUT2D eigenvalue weighted by molar-refractivity contribution is -0.123. The van der Waals surface area contributed by atoms with Gasteiger partial charge in [-0.05, 0) is 37.3 Å². The van der Waals surface area contributed by atoms with E-state index in [2.05, 4.69) is 16.0 Å². The van der Waals surface area contributed by atoms with Gasteiger partial charge in [-0.3, -0.25) is 14.4 Å². The Labute approximate surface area is 162 Å². The fourth-order valence-electron chi connectivity index (χ4n) is 2.40. The molecule has 0 heterocycles. The second kappa shape index (κ2) is 9.86. The first kappa shape index (κ1) is 20.6. The molecule has 0 aliphatic carbocycles. The molecule has 28 heavy (non-hydrogen) atoms. The molecule has 8 nitrogen and oxygen atoms in total. The smallest absolute Gasteiger partial charge is 0.340 e. The van der Waals surface area contributed by atoms with E-state index in [1.165, 1.54) is 13.0 Å². The summed E-state index contributed by atoms with van der Waals surface area (Å²) in [5, 5.41) is 7.74. The lowest BCUT2D eigenvalue weighted by atomic mass is 10.1. The average molecular weight is 383 g/mol. The van der Waals surface area contributed by atoms with Crippen LogP contribution in [0.4, 0.5) is 17.1 Å². The minimum atomic E-state index is -0.577. The van der Waals surface area contributed by atoms with Crippen molar-refractivity contribution in [3.8, 4) is 0 Å². The predicted molar refractivity (Wildman–Crippen MR) is 105 cm³/mol.